The number of likely N-dealkylation sites (tertiary alicyclic amines) is 1. The molecule has 104 valence electrons. The lowest BCUT2D eigenvalue weighted by Gasteiger charge is -2.33. The van der Waals surface area contributed by atoms with Gasteiger partial charge in [0, 0.05) is 6.54 Å². The summed E-state index contributed by atoms with van der Waals surface area (Å²) in [5.41, 5.74) is 0. The number of hydrogen-bond acceptors (Lipinski definition) is 4. The average molecular weight is 302 g/mol. The summed E-state index contributed by atoms with van der Waals surface area (Å²) in [6.07, 6.45) is 2.50. The van der Waals surface area contributed by atoms with E-state index in [1.807, 2.05) is 0 Å². The number of rotatable bonds is 3. The Morgan fingerprint density at radius 3 is 2.95 bits per heavy atom. The van der Waals surface area contributed by atoms with Gasteiger partial charge in [-0.2, -0.15) is 0 Å². The van der Waals surface area contributed by atoms with E-state index >= 15 is 0 Å². The Bertz CT molecular complexity index is 474. The Morgan fingerprint density at radius 1 is 1.53 bits per heavy atom. The molecule has 0 radical (unpaired) electrons. The topological polar surface area (TPSA) is 46.6 Å². The van der Waals surface area contributed by atoms with Crippen molar-refractivity contribution in [1.82, 2.24) is 4.90 Å². The molecule has 19 heavy (non-hydrogen) atoms. The predicted octanol–water partition coefficient (Wildman–Crippen LogP) is 2.96. The van der Waals surface area contributed by atoms with Gasteiger partial charge in [-0.05, 0) is 37.6 Å². The van der Waals surface area contributed by atoms with E-state index in [9.17, 15) is 9.59 Å². The van der Waals surface area contributed by atoms with Crippen LogP contribution in [0.15, 0.2) is 11.4 Å². The Balaban J connectivity index is 2.18. The molecule has 1 aromatic rings. The first-order chi connectivity index (χ1) is 9.15. The first-order valence-electron chi connectivity index (χ1n) is 6.35. The minimum absolute atomic E-state index is 0.169. The van der Waals surface area contributed by atoms with Crippen LogP contribution >= 0.6 is 22.9 Å². The molecular weight excluding hydrogens is 286 g/mol. The quantitative estimate of drug-likeness (QED) is 0.806. The lowest BCUT2D eigenvalue weighted by molar-refractivity contribution is -0.149. The first kappa shape index (κ1) is 14.3. The number of hydrogen-bond donors (Lipinski definition) is 0. The molecule has 0 N–H and O–H groups in total. The van der Waals surface area contributed by atoms with E-state index in [4.69, 9.17) is 16.3 Å². The maximum absolute atomic E-state index is 12.4. The number of carbonyl (C=O) groups is 2. The highest BCUT2D eigenvalue weighted by Crippen LogP contribution is 2.27. The summed E-state index contributed by atoms with van der Waals surface area (Å²) in [6.45, 7) is 2.68. The van der Waals surface area contributed by atoms with Crippen LogP contribution in [0.25, 0.3) is 0 Å². The van der Waals surface area contributed by atoms with Crippen LogP contribution in [0.1, 0.15) is 35.9 Å². The summed E-state index contributed by atoms with van der Waals surface area (Å²) in [5, 5.41) is 2.22. The van der Waals surface area contributed by atoms with Gasteiger partial charge < -0.3 is 9.64 Å². The third kappa shape index (κ3) is 3.09. The Morgan fingerprint density at radius 2 is 2.32 bits per heavy atom. The fourth-order valence-electron chi connectivity index (χ4n) is 2.23. The van der Waals surface area contributed by atoms with Gasteiger partial charge in [-0.1, -0.05) is 11.6 Å². The smallest absolute Gasteiger partial charge is 0.328 e. The van der Waals surface area contributed by atoms with E-state index in [0.29, 0.717) is 29.5 Å². The number of halogens is 1. The van der Waals surface area contributed by atoms with Crippen molar-refractivity contribution in [1.29, 1.82) is 0 Å². The summed E-state index contributed by atoms with van der Waals surface area (Å²) < 4.78 is 5.05. The molecule has 2 heterocycles. The fraction of sp³-hybridized carbons (Fsp3) is 0.538. The summed E-state index contributed by atoms with van der Waals surface area (Å²) in [7, 11) is 0. The number of thiophene rings is 1. The zero-order valence-electron chi connectivity index (χ0n) is 10.7. The fourth-order valence-corrected chi connectivity index (χ4v) is 3.33. The molecule has 1 unspecified atom stereocenters. The highest BCUT2D eigenvalue weighted by molar-refractivity contribution is 7.12. The Kier molecular flexibility index (Phi) is 4.82. The molecule has 0 aromatic carbocycles. The molecule has 0 bridgehead atoms. The van der Waals surface area contributed by atoms with Gasteiger partial charge in [-0.3, -0.25) is 4.79 Å². The molecule has 1 fully saturated rings. The number of esters is 1. The molecule has 0 saturated carbocycles. The molecule has 0 aliphatic carbocycles. The van der Waals surface area contributed by atoms with Gasteiger partial charge in [0.05, 0.1) is 11.6 Å². The Labute approximate surface area is 121 Å². The minimum Gasteiger partial charge on any atom is -0.464 e. The zero-order chi connectivity index (χ0) is 13.8. The molecule has 0 spiro atoms. The second kappa shape index (κ2) is 6.39. The molecule has 1 aliphatic rings. The zero-order valence-corrected chi connectivity index (χ0v) is 12.3. The monoisotopic (exact) mass is 301 g/mol. The molecule has 6 heteroatoms. The van der Waals surface area contributed by atoms with Crippen LogP contribution in [-0.2, 0) is 9.53 Å². The average Bonchev–Trinajstić information content (AvgIpc) is 2.84. The minimum atomic E-state index is -0.473. The number of carbonyl (C=O) groups excluding carboxylic acids is 2. The van der Waals surface area contributed by atoms with E-state index in [2.05, 4.69) is 0 Å². The summed E-state index contributed by atoms with van der Waals surface area (Å²) in [4.78, 5) is 26.5. The standard InChI is InChI=1S/C13H16ClNO3S/c1-2-18-13(17)10-5-3-4-7-15(10)12(16)11-9(14)6-8-19-11/h6,8,10H,2-5,7H2,1H3. The van der Waals surface area contributed by atoms with Gasteiger partial charge in [-0.15, -0.1) is 11.3 Å². The maximum Gasteiger partial charge on any atom is 0.328 e. The van der Waals surface area contributed by atoms with Gasteiger partial charge in [-0.25, -0.2) is 4.79 Å². The lowest BCUT2D eigenvalue weighted by Crippen LogP contribution is -2.48. The van der Waals surface area contributed by atoms with Crippen molar-refractivity contribution < 1.29 is 14.3 Å². The second-order valence-electron chi connectivity index (χ2n) is 4.36. The third-order valence-electron chi connectivity index (χ3n) is 3.13. The predicted molar refractivity (Wildman–Crippen MR) is 74.6 cm³/mol. The first-order valence-corrected chi connectivity index (χ1v) is 7.61. The highest BCUT2D eigenvalue weighted by atomic mass is 35.5. The van der Waals surface area contributed by atoms with Crippen LogP contribution in [0.4, 0.5) is 0 Å². The van der Waals surface area contributed by atoms with Gasteiger partial charge in [0.1, 0.15) is 10.9 Å². The lowest BCUT2D eigenvalue weighted by atomic mass is 10.0. The largest absolute Gasteiger partial charge is 0.464 e. The molecular formula is C13H16ClNO3S. The van der Waals surface area contributed by atoms with Gasteiger partial charge >= 0.3 is 5.97 Å². The van der Waals surface area contributed by atoms with Crippen molar-refractivity contribution in [3.63, 3.8) is 0 Å². The van der Waals surface area contributed by atoms with Gasteiger partial charge in [0.25, 0.3) is 5.91 Å². The van der Waals surface area contributed by atoms with Crippen molar-refractivity contribution in [3.8, 4) is 0 Å². The van der Waals surface area contributed by atoms with E-state index in [1.165, 1.54) is 11.3 Å². The Hall–Kier alpha value is -1.07. The normalized spacial score (nSPS) is 19.3. The van der Waals surface area contributed by atoms with Gasteiger partial charge in [0.15, 0.2) is 0 Å². The summed E-state index contributed by atoms with van der Waals surface area (Å²) in [6, 6.07) is 1.22. The van der Waals surface area contributed by atoms with E-state index < -0.39 is 6.04 Å². The molecule has 1 aromatic heterocycles. The number of amides is 1. The molecule has 1 saturated heterocycles. The number of piperidine rings is 1. The van der Waals surface area contributed by atoms with Crippen molar-refractivity contribution in [3.05, 3.63) is 21.3 Å². The van der Waals surface area contributed by atoms with E-state index in [0.717, 1.165) is 12.8 Å². The molecule has 1 aliphatic heterocycles. The molecule has 4 nitrogen and oxygen atoms in total. The van der Waals surface area contributed by atoms with Crippen LogP contribution in [0.3, 0.4) is 0 Å². The second-order valence-corrected chi connectivity index (χ2v) is 5.68. The summed E-state index contributed by atoms with van der Waals surface area (Å²) in [5.74, 6) is -0.485. The number of nitrogens with zero attached hydrogens (tertiary/aromatic N) is 1. The van der Waals surface area contributed by atoms with Gasteiger partial charge in [0.2, 0.25) is 0 Å². The molecule has 1 amide bonds. The van der Waals surface area contributed by atoms with Crippen molar-refractivity contribution >= 4 is 34.8 Å². The maximum atomic E-state index is 12.4. The van der Waals surface area contributed by atoms with Crippen LogP contribution in [-0.4, -0.2) is 36.0 Å². The van der Waals surface area contributed by atoms with Crippen molar-refractivity contribution in [2.75, 3.05) is 13.2 Å². The van der Waals surface area contributed by atoms with E-state index in [1.54, 1.807) is 23.3 Å². The van der Waals surface area contributed by atoms with Crippen LogP contribution in [0, 0.1) is 0 Å². The summed E-state index contributed by atoms with van der Waals surface area (Å²) >= 11 is 7.29. The van der Waals surface area contributed by atoms with Crippen LogP contribution < -0.4 is 0 Å². The third-order valence-corrected chi connectivity index (χ3v) is 4.46. The van der Waals surface area contributed by atoms with Crippen LogP contribution in [0.2, 0.25) is 5.02 Å². The molecule has 1 atom stereocenters. The molecule has 2 rings (SSSR count). The number of ether oxygens (including phenoxy) is 1. The van der Waals surface area contributed by atoms with Crippen LogP contribution in [0.5, 0.6) is 0 Å². The van der Waals surface area contributed by atoms with Crippen molar-refractivity contribution in [2.24, 2.45) is 0 Å². The van der Waals surface area contributed by atoms with E-state index in [-0.39, 0.29) is 11.9 Å². The highest BCUT2D eigenvalue weighted by Gasteiger charge is 2.34. The SMILES string of the molecule is CCOC(=O)C1CCCCN1C(=O)c1sccc1Cl. The van der Waals surface area contributed by atoms with Crippen molar-refractivity contribution in [2.45, 2.75) is 32.2 Å².